The highest BCUT2D eigenvalue weighted by Crippen LogP contribution is 2.37. The summed E-state index contributed by atoms with van der Waals surface area (Å²) in [6, 6.07) is 9.16. The van der Waals surface area contributed by atoms with Crippen LogP contribution in [0.15, 0.2) is 35.2 Å². The second kappa shape index (κ2) is 11.0. The van der Waals surface area contributed by atoms with Crippen molar-refractivity contribution in [2.24, 2.45) is 0 Å². The van der Waals surface area contributed by atoms with Crippen LogP contribution in [0.5, 0.6) is 0 Å². The number of esters is 4. The van der Waals surface area contributed by atoms with Gasteiger partial charge in [-0.3, -0.25) is 19.2 Å². The SMILES string of the molecule is CC(=O)OC[C@H]1O[C@@H](Sc2ccccc2)[C@@H](OC(C)=O)[C@H](OC(C)=O)[C@@H]1OC(C)=O. The largest absolute Gasteiger partial charge is 0.463 e. The van der Waals surface area contributed by atoms with E-state index in [-0.39, 0.29) is 6.61 Å². The Morgan fingerprint density at radius 2 is 1.33 bits per heavy atom. The molecule has 0 saturated carbocycles. The first-order valence-electron chi connectivity index (χ1n) is 9.19. The van der Waals surface area contributed by atoms with Gasteiger partial charge in [-0.05, 0) is 12.1 Å². The molecule has 10 heteroatoms. The number of thioether (sulfide) groups is 1. The van der Waals surface area contributed by atoms with Crippen molar-refractivity contribution >= 4 is 35.6 Å². The minimum Gasteiger partial charge on any atom is -0.463 e. The zero-order valence-corrected chi connectivity index (χ0v) is 17.9. The Morgan fingerprint density at radius 3 is 1.87 bits per heavy atom. The van der Waals surface area contributed by atoms with Crippen LogP contribution in [0.25, 0.3) is 0 Å². The number of hydrogen-bond donors (Lipinski definition) is 0. The van der Waals surface area contributed by atoms with E-state index in [9.17, 15) is 19.2 Å². The van der Waals surface area contributed by atoms with Crippen molar-refractivity contribution < 1.29 is 42.9 Å². The van der Waals surface area contributed by atoms with Gasteiger partial charge in [0.05, 0.1) is 0 Å². The maximum Gasteiger partial charge on any atom is 0.303 e. The molecule has 1 heterocycles. The third kappa shape index (κ3) is 7.03. The zero-order valence-electron chi connectivity index (χ0n) is 17.1. The fourth-order valence-corrected chi connectivity index (χ4v) is 4.04. The Balaban J connectivity index is 2.42. The van der Waals surface area contributed by atoms with E-state index in [0.717, 1.165) is 4.90 Å². The lowest BCUT2D eigenvalue weighted by molar-refractivity contribution is -0.237. The Morgan fingerprint density at radius 1 is 0.800 bits per heavy atom. The predicted molar refractivity (Wildman–Crippen MR) is 104 cm³/mol. The van der Waals surface area contributed by atoms with Crippen LogP contribution in [-0.2, 0) is 42.9 Å². The van der Waals surface area contributed by atoms with Gasteiger partial charge in [0.2, 0.25) is 0 Å². The Hall–Kier alpha value is -2.59. The van der Waals surface area contributed by atoms with Crippen molar-refractivity contribution in [2.45, 2.75) is 62.4 Å². The van der Waals surface area contributed by atoms with Crippen LogP contribution in [0, 0.1) is 0 Å². The van der Waals surface area contributed by atoms with Crippen molar-refractivity contribution in [2.75, 3.05) is 6.61 Å². The van der Waals surface area contributed by atoms with Crippen LogP contribution in [0.4, 0.5) is 0 Å². The van der Waals surface area contributed by atoms with E-state index in [2.05, 4.69) is 0 Å². The molecule has 0 amide bonds. The third-order valence-electron chi connectivity index (χ3n) is 3.94. The molecule has 0 spiro atoms. The highest BCUT2D eigenvalue weighted by atomic mass is 32.2. The molecule has 1 aliphatic heterocycles. The molecule has 0 aliphatic carbocycles. The van der Waals surface area contributed by atoms with Gasteiger partial charge < -0.3 is 23.7 Å². The first-order valence-corrected chi connectivity index (χ1v) is 10.1. The summed E-state index contributed by atoms with van der Waals surface area (Å²) in [5.41, 5.74) is -0.826. The molecule has 0 unspecified atom stereocenters. The van der Waals surface area contributed by atoms with Crippen molar-refractivity contribution in [1.82, 2.24) is 0 Å². The van der Waals surface area contributed by atoms with Crippen molar-refractivity contribution in [3.63, 3.8) is 0 Å². The minimum atomic E-state index is -1.16. The minimum absolute atomic E-state index is 0.246. The summed E-state index contributed by atoms with van der Waals surface area (Å²) < 4.78 is 27.2. The Bertz CT molecular complexity index is 767. The van der Waals surface area contributed by atoms with Gasteiger partial charge in [-0.2, -0.15) is 0 Å². The summed E-state index contributed by atoms with van der Waals surface area (Å²) in [5.74, 6) is -2.51. The van der Waals surface area contributed by atoms with Crippen molar-refractivity contribution in [3.05, 3.63) is 30.3 Å². The molecule has 2 rings (SSSR count). The molecule has 30 heavy (non-hydrogen) atoms. The molecule has 1 aromatic carbocycles. The molecule has 1 saturated heterocycles. The highest BCUT2D eigenvalue weighted by Gasteiger charge is 2.52. The molecule has 0 radical (unpaired) electrons. The van der Waals surface area contributed by atoms with E-state index in [1.54, 1.807) is 0 Å². The number of hydrogen-bond acceptors (Lipinski definition) is 10. The summed E-state index contributed by atoms with van der Waals surface area (Å²) in [7, 11) is 0. The van der Waals surface area contributed by atoms with E-state index in [1.807, 2.05) is 30.3 Å². The number of carbonyl (C=O) groups is 4. The number of benzene rings is 1. The summed E-state index contributed by atoms with van der Waals surface area (Å²) in [5, 5.41) is 0. The molecule has 9 nitrogen and oxygen atoms in total. The number of ether oxygens (including phenoxy) is 5. The monoisotopic (exact) mass is 440 g/mol. The van der Waals surface area contributed by atoms with Crippen LogP contribution in [0.2, 0.25) is 0 Å². The number of carbonyl (C=O) groups excluding carboxylic acids is 4. The van der Waals surface area contributed by atoms with E-state index < -0.39 is 53.7 Å². The van der Waals surface area contributed by atoms with Gasteiger partial charge in [-0.15, -0.1) is 0 Å². The van der Waals surface area contributed by atoms with E-state index in [1.165, 1.54) is 39.5 Å². The van der Waals surface area contributed by atoms with Gasteiger partial charge in [-0.1, -0.05) is 30.0 Å². The molecule has 164 valence electrons. The van der Waals surface area contributed by atoms with Gasteiger partial charge in [0.15, 0.2) is 18.3 Å². The molecule has 0 bridgehead atoms. The summed E-state index contributed by atoms with van der Waals surface area (Å²) in [6.07, 6.45) is -4.33. The van der Waals surface area contributed by atoms with E-state index in [0.29, 0.717) is 0 Å². The zero-order chi connectivity index (χ0) is 22.3. The van der Waals surface area contributed by atoms with Gasteiger partial charge in [-0.25, -0.2) is 0 Å². The molecular weight excluding hydrogens is 416 g/mol. The van der Waals surface area contributed by atoms with Crippen LogP contribution >= 0.6 is 11.8 Å². The van der Waals surface area contributed by atoms with Crippen LogP contribution in [0.3, 0.4) is 0 Å². The average Bonchev–Trinajstić information content (AvgIpc) is 2.64. The Kier molecular flexibility index (Phi) is 8.67. The van der Waals surface area contributed by atoms with Crippen molar-refractivity contribution in [3.8, 4) is 0 Å². The molecule has 1 aromatic rings. The van der Waals surface area contributed by atoms with Gasteiger partial charge in [0.1, 0.15) is 18.1 Å². The maximum atomic E-state index is 11.8. The fourth-order valence-electron chi connectivity index (χ4n) is 2.92. The van der Waals surface area contributed by atoms with Gasteiger partial charge >= 0.3 is 23.9 Å². The smallest absolute Gasteiger partial charge is 0.303 e. The molecule has 1 fully saturated rings. The lowest BCUT2D eigenvalue weighted by Gasteiger charge is -2.44. The van der Waals surface area contributed by atoms with Gasteiger partial charge in [0.25, 0.3) is 0 Å². The van der Waals surface area contributed by atoms with Gasteiger partial charge in [0, 0.05) is 32.6 Å². The van der Waals surface area contributed by atoms with E-state index >= 15 is 0 Å². The normalized spacial score (nSPS) is 25.7. The topological polar surface area (TPSA) is 114 Å². The molecule has 1 aliphatic rings. The first-order chi connectivity index (χ1) is 14.2. The van der Waals surface area contributed by atoms with Crippen LogP contribution < -0.4 is 0 Å². The molecule has 0 aromatic heterocycles. The molecule has 0 N–H and O–H groups in total. The summed E-state index contributed by atoms with van der Waals surface area (Å²) in [6.45, 7) is 4.56. The average molecular weight is 440 g/mol. The summed E-state index contributed by atoms with van der Waals surface area (Å²) in [4.78, 5) is 47.3. The lowest BCUT2D eigenvalue weighted by Crippen LogP contribution is -2.61. The summed E-state index contributed by atoms with van der Waals surface area (Å²) >= 11 is 1.23. The second-order valence-corrected chi connectivity index (χ2v) is 7.67. The predicted octanol–water partition coefficient (Wildman–Crippen LogP) is 1.86. The highest BCUT2D eigenvalue weighted by molar-refractivity contribution is 7.99. The third-order valence-corrected chi connectivity index (χ3v) is 5.10. The van der Waals surface area contributed by atoms with Crippen molar-refractivity contribution in [1.29, 1.82) is 0 Å². The standard InChI is InChI=1S/C20H24O9S/c1-11(21)25-10-16-17(26-12(2)22)18(27-13(3)23)19(28-14(4)24)20(29-16)30-15-8-6-5-7-9-15/h5-9,16-20H,10H2,1-4H3/t16-,17-,18-,19+,20+/m1/s1. The number of rotatable bonds is 7. The molecule has 5 atom stereocenters. The lowest BCUT2D eigenvalue weighted by atomic mass is 9.99. The molecular formula is C20H24O9S. The van der Waals surface area contributed by atoms with Crippen LogP contribution in [-0.4, -0.2) is 60.3 Å². The fraction of sp³-hybridized carbons (Fsp3) is 0.500. The second-order valence-electron chi connectivity index (χ2n) is 6.50. The maximum absolute atomic E-state index is 11.8. The first kappa shape index (κ1) is 23.7. The quantitative estimate of drug-likeness (QED) is 0.460. The van der Waals surface area contributed by atoms with Crippen LogP contribution in [0.1, 0.15) is 27.7 Å². The Labute approximate surface area is 178 Å². The van der Waals surface area contributed by atoms with E-state index in [4.69, 9.17) is 23.7 Å².